The van der Waals surface area contributed by atoms with Crippen LogP contribution < -0.4 is 10.1 Å². The maximum Gasteiger partial charge on any atom is 0.409 e. The van der Waals surface area contributed by atoms with Gasteiger partial charge in [-0.25, -0.2) is 4.79 Å². The summed E-state index contributed by atoms with van der Waals surface area (Å²) in [7, 11) is -4.70. The van der Waals surface area contributed by atoms with Crippen molar-refractivity contribution in [2.45, 2.75) is 112 Å². The van der Waals surface area contributed by atoms with Gasteiger partial charge in [0.15, 0.2) is 0 Å². The summed E-state index contributed by atoms with van der Waals surface area (Å²) in [5.41, 5.74) is -0.589. The summed E-state index contributed by atoms with van der Waals surface area (Å²) in [6.45, 7) is 25.4. The van der Waals surface area contributed by atoms with Crippen molar-refractivity contribution >= 4 is 13.7 Å². The van der Waals surface area contributed by atoms with Crippen LogP contribution in [-0.2, 0) is 18.3 Å². The Kier molecular flexibility index (Phi) is 13.7. The molecule has 0 aliphatic heterocycles. The van der Waals surface area contributed by atoms with E-state index >= 15 is 4.57 Å². The Morgan fingerprint density at radius 1 is 0.929 bits per heavy atom. The number of carbonyl (C=O) groups excluding carboxylic acids is 1. The Balaban J connectivity index is 4.01. The Morgan fingerprint density at radius 3 is 1.69 bits per heavy atom. The highest BCUT2D eigenvalue weighted by atomic mass is 31.2. The highest BCUT2D eigenvalue weighted by Crippen LogP contribution is 2.67. The van der Waals surface area contributed by atoms with Crippen LogP contribution in [0.5, 0.6) is 5.75 Å². The Bertz CT molecular complexity index is 1040. The summed E-state index contributed by atoms with van der Waals surface area (Å²) in [5, 5.41) is 13.4. The standard InChI is InChI=1S/C31H53N2O8P/c1-14-19-38-25-17-15-24(16-18-25)28(32-29(34)39-30(10,11)12)31(13,33(35)36)42(37,40-26(20(2)3)21(4)5)41-27(22(6)7)23(8)9/h14-18,20-23,26-28H,1,19H2,2-13H3,(H,32,34)/t28-,31+/m1/s1. The maximum atomic E-state index is 15.3. The van der Waals surface area contributed by atoms with Crippen LogP contribution in [-0.4, -0.2) is 40.7 Å². The molecule has 2 atom stereocenters. The maximum absolute atomic E-state index is 15.3. The van der Waals surface area contributed by atoms with E-state index in [-0.39, 0.29) is 30.3 Å². The normalized spacial score (nSPS) is 14.9. The lowest BCUT2D eigenvalue weighted by atomic mass is 9.97. The number of amides is 1. The van der Waals surface area contributed by atoms with Gasteiger partial charge in [0, 0.05) is 11.8 Å². The van der Waals surface area contributed by atoms with E-state index in [4.69, 9.17) is 18.5 Å². The van der Waals surface area contributed by atoms with E-state index in [1.165, 1.54) is 6.92 Å². The molecule has 0 heterocycles. The van der Waals surface area contributed by atoms with Crippen molar-refractivity contribution < 1.29 is 32.8 Å². The van der Waals surface area contributed by atoms with Crippen molar-refractivity contribution in [1.29, 1.82) is 0 Å². The summed E-state index contributed by atoms with van der Waals surface area (Å²) in [5.74, 6) is -0.0327. The highest BCUT2D eigenvalue weighted by molar-refractivity contribution is 7.55. The molecule has 0 aromatic heterocycles. The molecule has 1 aromatic carbocycles. The monoisotopic (exact) mass is 612 g/mol. The van der Waals surface area contributed by atoms with Gasteiger partial charge in [-0.1, -0.05) is 80.2 Å². The van der Waals surface area contributed by atoms with Crippen molar-refractivity contribution in [2.24, 2.45) is 23.7 Å². The van der Waals surface area contributed by atoms with Gasteiger partial charge in [0.2, 0.25) is 0 Å². The molecule has 11 heteroatoms. The molecule has 0 aliphatic carbocycles. The number of alkyl carbamates (subject to hydrolysis) is 1. The van der Waals surface area contributed by atoms with E-state index < -0.39 is 47.7 Å². The summed E-state index contributed by atoms with van der Waals surface area (Å²) in [6, 6.07) is 4.92. The second-order valence-corrected chi connectivity index (χ2v) is 15.5. The molecule has 0 fully saturated rings. The van der Waals surface area contributed by atoms with Crippen molar-refractivity contribution in [3.8, 4) is 5.75 Å². The summed E-state index contributed by atoms with van der Waals surface area (Å²) in [4.78, 5) is 25.7. The van der Waals surface area contributed by atoms with Crippen molar-refractivity contribution in [2.75, 3.05) is 6.61 Å². The van der Waals surface area contributed by atoms with Gasteiger partial charge in [-0.2, -0.15) is 0 Å². The van der Waals surface area contributed by atoms with Crippen molar-refractivity contribution in [1.82, 2.24) is 5.32 Å². The van der Waals surface area contributed by atoms with Crippen LogP contribution in [0.3, 0.4) is 0 Å². The molecule has 0 saturated carbocycles. The van der Waals surface area contributed by atoms with Crippen LogP contribution in [0.1, 0.15) is 94.7 Å². The fourth-order valence-corrected chi connectivity index (χ4v) is 7.64. The number of carbonyl (C=O) groups is 1. The number of ether oxygens (including phenoxy) is 2. The van der Waals surface area contributed by atoms with E-state index in [2.05, 4.69) is 11.9 Å². The molecule has 10 nitrogen and oxygen atoms in total. The topological polar surface area (TPSA) is 126 Å². The minimum absolute atomic E-state index is 0.131. The average Bonchev–Trinajstić information content (AvgIpc) is 2.85. The SMILES string of the molecule is C=CCOc1ccc([C@@H](NC(=O)OC(C)(C)C)[C@@](C)([N+](=O)[O-])P(=O)(OC(C(C)C)C(C)C)OC(C(C)C)C(C)C)cc1. The molecule has 0 spiro atoms. The van der Waals surface area contributed by atoms with Crippen molar-refractivity contribution in [3.05, 3.63) is 52.6 Å². The molecular weight excluding hydrogens is 559 g/mol. The van der Waals surface area contributed by atoms with Crippen LogP contribution in [0.2, 0.25) is 0 Å². The van der Waals surface area contributed by atoms with Crippen LogP contribution in [0.25, 0.3) is 0 Å². The predicted octanol–water partition coefficient (Wildman–Crippen LogP) is 8.40. The summed E-state index contributed by atoms with van der Waals surface area (Å²) < 4.78 is 39.0. The fourth-order valence-electron chi connectivity index (χ4n) is 4.82. The van der Waals surface area contributed by atoms with Gasteiger partial charge in [0.1, 0.15) is 24.0 Å². The molecular formula is C31H53N2O8P. The predicted molar refractivity (Wildman–Crippen MR) is 166 cm³/mol. The zero-order chi connectivity index (χ0) is 32.6. The number of nitrogens with one attached hydrogen (secondary N) is 1. The second-order valence-electron chi connectivity index (χ2n) is 13.2. The Labute approximate surface area is 252 Å². The van der Waals surface area contributed by atoms with Gasteiger partial charge in [0.25, 0.3) is 0 Å². The lowest BCUT2D eigenvalue weighted by Crippen LogP contribution is -2.52. The minimum Gasteiger partial charge on any atom is -0.490 e. The van der Waals surface area contributed by atoms with Crippen molar-refractivity contribution in [3.63, 3.8) is 0 Å². The van der Waals surface area contributed by atoms with E-state index in [1.54, 1.807) is 51.1 Å². The van der Waals surface area contributed by atoms with E-state index in [9.17, 15) is 14.9 Å². The fraction of sp³-hybridized carbons (Fsp3) is 0.710. The number of rotatable bonds is 16. The molecule has 1 N–H and O–H groups in total. The van der Waals surface area contributed by atoms with Crippen LogP contribution in [0.15, 0.2) is 36.9 Å². The van der Waals surface area contributed by atoms with Crippen LogP contribution in [0.4, 0.5) is 4.79 Å². The first kappa shape index (κ1) is 37.6. The molecule has 1 amide bonds. The van der Waals surface area contributed by atoms with E-state index in [1.807, 2.05) is 55.4 Å². The number of nitrogens with zero attached hydrogens (tertiary/aromatic N) is 1. The summed E-state index contributed by atoms with van der Waals surface area (Å²) in [6.07, 6.45) is -0.582. The molecule has 0 bridgehead atoms. The minimum atomic E-state index is -4.70. The van der Waals surface area contributed by atoms with Gasteiger partial charge >= 0.3 is 19.0 Å². The largest absolute Gasteiger partial charge is 0.490 e. The van der Waals surface area contributed by atoms with Gasteiger partial charge in [-0.15, -0.1) is 0 Å². The highest BCUT2D eigenvalue weighted by Gasteiger charge is 2.66. The Hall–Kier alpha value is -2.42. The molecule has 240 valence electrons. The Morgan fingerprint density at radius 2 is 1.36 bits per heavy atom. The number of hydrogen-bond acceptors (Lipinski definition) is 8. The molecule has 42 heavy (non-hydrogen) atoms. The smallest absolute Gasteiger partial charge is 0.409 e. The van der Waals surface area contributed by atoms with Gasteiger partial charge < -0.3 is 14.8 Å². The number of hydrogen-bond donors (Lipinski definition) is 1. The zero-order valence-electron chi connectivity index (χ0n) is 27.5. The molecule has 1 rings (SSSR count). The first-order valence-electron chi connectivity index (χ1n) is 14.6. The van der Waals surface area contributed by atoms with E-state index in [0.717, 1.165) is 0 Å². The molecule has 1 aromatic rings. The lowest BCUT2D eigenvalue weighted by molar-refractivity contribution is -0.546. The molecule has 0 aliphatic rings. The lowest BCUT2D eigenvalue weighted by Gasteiger charge is -2.41. The summed E-state index contributed by atoms with van der Waals surface area (Å²) >= 11 is 0. The average molecular weight is 613 g/mol. The molecule has 0 saturated heterocycles. The second kappa shape index (κ2) is 15.3. The third kappa shape index (κ3) is 9.81. The molecule has 0 unspecified atom stereocenters. The third-order valence-electron chi connectivity index (χ3n) is 6.86. The van der Waals surface area contributed by atoms with E-state index in [0.29, 0.717) is 11.3 Å². The third-order valence-corrected chi connectivity index (χ3v) is 9.43. The van der Waals surface area contributed by atoms with Gasteiger partial charge in [0.05, 0.1) is 12.2 Å². The van der Waals surface area contributed by atoms with Crippen LogP contribution >= 0.6 is 7.60 Å². The first-order valence-corrected chi connectivity index (χ1v) is 16.2. The number of nitro groups is 1. The van der Waals surface area contributed by atoms with Crippen LogP contribution in [0, 0.1) is 33.8 Å². The zero-order valence-corrected chi connectivity index (χ0v) is 28.4. The quantitative estimate of drug-likeness (QED) is 0.0853. The first-order chi connectivity index (χ1) is 19.2. The van der Waals surface area contributed by atoms with Gasteiger partial charge in [-0.05, 0) is 62.1 Å². The van der Waals surface area contributed by atoms with Gasteiger partial charge in [-0.3, -0.25) is 23.7 Å². The number of benzene rings is 1. The molecule has 0 radical (unpaired) electrons.